The summed E-state index contributed by atoms with van der Waals surface area (Å²) in [5.41, 5.74) is 9.45. The Morgan fingerprint density at radius 3 is 2.90 bits per heavy atom. The number of ether oxygens (including phenoxy) is 2. The molecule has 0 aliphatic carbocycles. The second-order valence-corrected chi connectivity index (χ2v) is 4.72. The topological polar surface area (TPSA) is 80.1 Å². The molecule has 102 valence electrons. The van der Waals surface area contributed by atoms with E-state index in [1.165, 1.54) is 0 Å². The Morgan fingerprint density at radius 2 is 2.05 bits per heavy atom. The maximum atomic E-state index is 6.05. The molecule has 7 nitrogen and oxygen atoms in total. The maximum Gasteiger partial charge on any atom is 0.231 e. The molecule has 0 radical (unpaired) electrons. The molecule has 0 fully saturated rings. The van der Waals surface area contributed by atoms with Crippen molar-refractivity contribution in [1.29, 1.82) is 0 Å². The first-order valence-electron chi connectivity index (χ1n) is 6.22. The van der Waals surface area contributed by atoms with Gasteiger partial charge in [0.15, 0.2) is 17.1 Å². The van der Waals surface area contributed by atoms with E-state index in [0.717, 1.165) is 28.3 Å². The Morgan fingerprint density at radius 1 is 1.25 bits per heavy atom. The average molecular weight is 271 g/mol. The summed E-state index contributed by atoms with van der Waals surface area (Å²) in [6.45, 7) is 2.16. The lowest BCUT2D eigenvalue weighted by Crippen LogP contribution is -2.04. The van der Waals surface area contributed by atoms with Gasteiger partial charge in [0.1, 0.15) is 5.52 Å². The molecule has 3 heterocycles. The lowest BCUT2D eigenvalue weighted by molar-refractivity contribution is 0.174. The minimum atomic E-state index is 0.248. The van der Waals surface area contributed by atoms with E-state index in [-0.39, 0.29) is 6.79 Å². The minimum Gasteiger partial charge on any atom is -0.454 e. The molecule has 0 bridgehead atoms. The molecule has 2 N–H and O–H groups in total. The average Bonchev–Trinajstić information content (AvgIpc) is 3.06. The fourth-order valence-electron chi connectivity index (χ4n) is 2.57. The third kappa shape index (κ3) is 1.34. The van der Waals surface area contributed by atoms with Gasteiger partial charge in [-0.3, -0.25) is 4.57 Å². The normalized spacial score (nSPS) is 13.3. The molecule has 1 aliphatic heterocycles. The summed E-state index contributed by atoms with van der Waals surface area (Å²) in [4.78, 5) is 4.39. The molecule has 0 unspecified atom stereocenters. The summed E-state index contributed by atoms with van der Waals surface area (Å²) >= 11 is 0. The molecule has 4 rings (SSSR count). The third-order valence-electron chi connectivity index (χ3n) is 3.44. The molecule has 3 aromatic rings. The minimum absolute atomic E-state index is 0.248. The number of aryl methyl sites for hydroxylation is 2. The monoisotopic (exact) mass is 271 g/mol. The smallest absolute Gasteiger partial charge is 0.231 e. The van der Waals surface area contributed by atoms with E-state index in [0.29, 0.717) is 11.7 Å². The number of nitrogens with two attached hydrogens (primary N) is 1. The fourth-order valence-corrected chi connectivity index (χ4v) is 2.57. The zero-order valence-corrected chi connectivity index (χ0v) is 11.1. The SMILES string of the molecule is Cc1nn(C)c2c1nc(N)n2-c1ccc2c(c1)OCO2. The third-order valence-corrected chi connectivity index (χ3v) is 3.44. The zero-order valence-electron chi connectivity index (χ0n) is 11.1. The van der Waals surface area contributed by atoms with Crippen molar-refractivity contribution < 1.29 is 9.47 Å². The predicted molar refractivity (Wildman–Crippen MR) is 73.1 cm³/mol. The van der Waals surface area contributed by atoms with Crippen molar-refractivity contribution in [1.82, 2.24) is 19.3 Å². The highest BCUT2D eigenvalue weighted by Gasteiger charge is 2.19. The van der Waals surface area contributed by atoms with E-state index in [2.05, 4.69) is 10.1 Å². The molecule has 1 aliphatic rings. The molecule has 20 heavy (non-hydrogen) atoms. The Labute approximate surface area is 114 Å². The summed E-state index contributed by atoms with van der Waals surface area (Å²) in [6.07, 6.45) is 0. The largest absolute Gasteiger partial charge is 0.454 e. The van der Waals surface area contributed by atoms with Crippen LogP contribution in [0.2, 0.25) is 0 Å². The maximum absolute atomic E-state index is 6.05. The Balaban J connectivity index is 2.00. The van der Waals surface area contributed by atoms with E-state index in [9.17, 15) is 0 Å². The van der Waals surface area contributed by atoms with Gasteiger partial charge in [-0.2, -0.15) is 5.10 Å². The summed E-state index contributed by atoms with van der Waals surface area (Å²) < 4.78 is 14.4. The van der Waals surface area contributed by atoms with Gasteiger partial charge in [-0.25, -0.2) is 9.67 Å². The van der Waals surface area contributed by atoms with Gasteiger partial charge in [-0.05, 0) is 19.1 Å². The van der Waals surface area contributed by atoms with E-state index in [1.54, 1.807) is 4.68 Å². The Hall–Kier alpha value is -2.70. The zero-order chi connectivity index (χ0) is 13.9. The number of imidazole rings is 1. The molecule has 0 saturated carbocycles. The van der Waals surface area contributed by atoms with Gasteiger partial charge in [-0.1, -0.05) is 0 Å². The number of fused-ring (bicyclic) bond motifs is 2. The molecule has 2 aromatic heterocycles. The van der Waals surface area contributed by atoms with Gasteiger partial charge in [-0.15, -0.1) is 0 Å². The molecule has 1 aromatic carbocycles. The number of aromatic nitrogens is 4. The molecule has 0 amide bonds. The van der Waals surface area contributed by atoms with Crippen molar-refractivity contribution >= 4 is 17.1 Å². The van der Waals surface area contributed by atoms with Crippen molar-refractivity contribution in [2.75, 3.05) is 12.5 Å². The Bertz CT molecular complexity index is 833. The van der Waals surface area contributed by atoms with Gasteiger partial charge in [0.25, 0.3) is 0 Å². The number of benzene rings is 1. The molecule has 7 heteroatoms. The first-order chi connectivity index (χ1) is 9.65. The Kier molecular flexibility index (Phi) is 2.04. The van der Waals surface area contributed by atoms with Crippen LogP contribution in [-0.2, 0) is 7.05 Å². The van der Waals surface area contributed by atoms with Crippen molar-refractivity contribution in [3.63, 3.8) is 0 Å². The van der Waals surface area contributed by atoms with Crippen LogP contribution in [0.15, 0.2) is 18.2 Å². The number of anilines is 1. The standard InChI is InChI=1S/C13H13N5O2/c1-7-11-12(17(2)16-7)18(13(14)15-11)8-3-4-9-10(5-8)20-6-19-9/h3-5H,6H2,1-2H3,(H2,14,15). The van der Waals surface area contributed by atoms with E-state index in [4.69, 9.17) is 15.2 Å². The first-order valence-corrected chi connectivity index (χ1v) is 6.22. The van der Waals surface area contributed by atoms with Crippen molar-refractivity contribution in [3.8, 4) is 17.2 Å². The van der Waals surface area contributed by atoms with Crippen molar-refractivity contribution in [3.05, 3.63) is 23.9 Å². The summed E-state index contributed by atoms with van der Waals surface area (Å²) in [7, 11) is 1.87. The van der Waals surface area contributed by atoms with Gasteiger partial charge < -0.3 is 15.2 Å². The van der Waals surface area contributed by atoms with Crippen LogP contribution < -0.4 is 15.2 Å². The second-order valence-electron chi connectivity index (χ2n) is 4.72. The number of hydrogen-bond donors (Lipinski definition) is 1. The lowest BCUT2D eigenvalue weighted by atomic mass is 10.2. The van der Waals surface area contributed by atoms with Gasteiger partial charge in [0, 0.05) is 13.1 Å². The highest BCUT2D eigenvalue weighted by molar-refractivity contribution is 5.80. The molecular weight excluding hydrogens is 258 g/mol. The van der Waals surface area contributed by atoms with Crippen LogP contribution in [0.25, 0.3) is 16.9 Å². The van der Waals surface area contributed by atoms with Crippen LogP contribution >= 0.6 is 0 Å². The van der Waals surface area contributed by atoms with Gasteiger partial charge in [0.05, 0.1) is 11.4 Å². The van der Waals surface area contributed by atoms with E-state index in [1.807, 2.05) is 36.7 Å². The number of rotatable bonds is 1. The van der Waals surface area contributed by atoms with Crippen LogP contribution in [0.1, 0.15) is 5.69 Å². The number of nitrogen functional groups attached to an aromatic ring is 1. The summed E-state index contributed by atoms with van der Waals surface area (Å²) in [6, 6.07) is 5.68. The lowest BCUT2D eigenvalue weighted by Gasteiger charge is -2.07. The fraction of sp³-hybridized carbons (Fsp3) is 0.231. The second kappa shape index (κ2) is 3.66. The predicted octanol–water partition coefficient (Wildman–Crippen LogP) is 1.38. The highest BCUT2D eigenvalue weighted by Crippen LogP contribution is 2.35. The molecule has 0 atom stereocenters. The first kappa shape index (κ1) is 11.2. The molecular formula is C13H13N5O2. The van der Waals surface area contributed by atoms with Crippen LogP contribution in [0.5, 0.6) is 11.5 Å². The summed E-state index contributed by atoms with van der Waals surface area (Å²) in [5.74, 6) is 1.88. The van der Waals surface area contributed by atoms with Gasteiger partial charge in [0.2, 0.25) is 12.7 Å². The summed E-state index contributed by atoms with van der Waals surface area (Å²) in [5, 5.41) is 4.37. The van der Waals surface area contributed by atoms with Crippen LogP contribution in [0.3, 0.4) is 0 Å². The van der Waals surface area contributed by atoms with Gasteiger partial charge >= 0.3 is 0 Å². The number of hydrogen-bond acceptors (Lipinski definition) is 5. The van der Waals surface area contributed by atoms with Crippen molar-refractivity contribution in [2.45, 2.75) is 6.92 Å². The van der Waals surface area contributed by atoms with Crippen LogP contribution in [0, 0.1) is 6.92 Å². The van der Waals surface area contributed by atoms with E-state index < -0.39 is 0 Å². The quantitative estimate of drug-likeness (QED) is 0.723. The highest BCUT2D eigenvalue weighted by atomic mass is 16.7. The van der Waals surface area contributed by atoms with Crippen LogP contribution in [-0.4, -0.2) is 26.1 Å². The van der Waals surface area contributed by atoms with Crippen LogP contribution in [0.4, 0.5) is 5.95 Å². The molecule has 0 spiro atoms. The molecule has 0 saturated heterocycles. The number of nitrogens with zero attached hydrogens (tertiary/aromatic N) is 4. The van der Waals surface area contributed by atoms with E-state index >= 15 is 0 Å². The van der Waals surface area contributed by atoms with Crippen molar-refractivity contribution in [2.24, 2.45) is 7.05 Å².